The molecule has 1 aliphatic rings. The number of aliphatic carboxylic acids is 1. The number of carbonyl (C=O) groups excluding carboxylic acids is 1. The van der Waals surface area contributed by atoms with Crippen LogP contribution in [0.15, 0.2) is 24.3 Å². The van der Waals surface area contributed by atoms with Gasteiger partial charge in [-0.3, -0.25) is 9.59 Å². The first-order valence-electron chi connectivity index (χ1n) is 6.83. The molecule has 1 heterocycles. The standard InChI is InChI=1S/C15H16F3NO3/c1-14(13(21)22)7-2-8-19(9-14)12(20)10-3-5-11(6-4-10)15(16,17)18/h3-6H,2,7-9H2,1H3,(H,21,22). The molecule has 1 aromatic carbocycles. The van der Waals surface area contributed by atoms with Crippen molar-refractivity contribution < 1.29 is 27.9 Å². The highest BCUT2D eigenvalue weighted by molar-refractivity contribution is 5.94. The maximum Gasteiger partial charge on any atom is 0.416 e. The minimum absolute atomic E-state index is 0.0577. The van der Waals surface area contributed by atoms with E-state index < -0.39 is 29.0 Å². The number of amides is 1. The zero-order chi connectivity index (χ0) is 16.5. The lowest BCUT2D eigenvalue weighted by molar-refractivity contribution is -0.150. The zero-order valence-electron chi connectivity index (χ0n) is 12.0. The quantitative estimate of drug-likeness (QED) is 0.912. The van der Waals surface area contributed by atoms with E-state index in [4.69, 9.17) is 0 Å². The van der Waals surface area contributed by atoms with E-state index in [0.717, 1.165) is 24.3 Å². The van der Waals surface area contributed by atoms with Crippen molar-refractivity contribution in [2.75, 3.05) is 13.1 Å². The van der Waals surface area contributed by atoms with Gasteiger partial charge in [0.2, 0.25) is 0 Å². The Kier molecular flexibility index (Phi) is 4.17. The predicted molar refractivity (Wildman–Crippen MR) is 72.3 cm³/mol. The molecule has 1 saturated heterocycles. The number of hydrogen-bond donors (Lipinski definition) is 1. The van der Waals surface area contributed by atoms with Crippen LogP contribution in [0.1, 0.15) is 35.7 Å². The molecule has 1 aromatic rings. The van der Waals surface area contributed by atoms with Crippen LogP contribution in [0.2, 0.25) is 0 Å². The van der Waals surface area contributed by atoms with Crippen LogP contribution in [0.3, 0.4) is 0 Å². The molecule has 1 atom stereocenters. The number of hydrogen-bond acceptors (Lipinski definition) is 2. The molecule has 4 nitrogen and oxygen atoms in total. The third-order valence-corrected chi connectivity index (χ3v) is 3.96. The third kappa shape index (κ3) is 3.23. The lowest BCUT2D eigenvalue weighted by atomic mass is 9.82. The lowest BCUT2D eigenvalue weighted by Gasteiger charge is -2.37. The molecule has 0 aliphatic carbocycles. The number of piperidine rings is 1. The summed E-state index contributed by atoms with van der Waals surface area (Å²) in [6.07, 6.45) is -3.43. The molecule has 0 bridgehead atoms. The largest absolute Gasteiger partial charge is 0.481 e. The second-order valence-electron chi connectivity index (χ2n) is 5.77. The average molecular weight is 315 g/mol. The van der Waals surface area contributed by atoms with Crippen LogP contribution in [0.5, 0.6) is 0 Å². The molecule has 7 heteroatoms. The Morgan fingerprint density at radius 2 is 1.82 bits per heavy atom. The van der Waals surface area contributed by atoms with Gasteiger partial charge in [-0.25, -0.2) is 0 Å². The Morgan fingerprint density at radius 1 is 1.23 bits per heavy atom. The fraction of sp³-hybridized carbons (Fsp3) is 0.467. The molecule has 22 heavy (non-hydrogen) atoms. The average Bonchev–Trinajstić information content (AvgIpc) is 2.45. The van der Waals surface area contributed by atoms with Gasteiger partial charge in [0.05, 0.1) is 11.0 Å². The number of alkyl halides is 3. The molecule has 0 saturated carbocycles. The van der Waals surface area contributed by atoms with Crippen molar-refractivity contribution in [3.8, 4) is 0 Å². The first kappa shape index (κ1) is 16.3. The second-order valence-corrected chi connectivity index (χ2v) is 5.77. The SMILES string of the molecule is CC1(C(=O)O)CCCN(C(=O)c2ccc(C(F)(F)F)cc2)C1. The summed E-state index contributed by atoms with van der Waals surface area (Å²) in [5.41, 5.74) is -1.71. The summed E-state index contributed by atoms with van der Waals surface area (Å²) in [6, 6.07) is 3.96. The molecule has 1 fully saturated rings. The first-order valence-corrected chi connectivity index (χ1v) is 6.83. The van der Waals surface area contributed by atoms with E-state index in [2.05, 4.69) is 0 Å². The highest BCUT2D eigenvalue weighted by atomic mass is 19.4. The van der Waals surface area contributed by atoms with Crippen LogP contribution >= 0.6 is 0 Å². The number of nitrogens with zero attached hydrogens (tertiary/aromatic N) is 1. The molecule has 0 spiro atoms. The number of carboxylic acid groups (broad SMARTS) is 1. The highest BCUT2D eigenvalue weighted by Gasteiger charge is 2.39. The summed E-state index contributed by atoms with van der Waals surface area (Å²) in [5, 5.41) is 9.23. The van der Waals surface area contributed by atoms with Gasteiger partial charge in [0.1, 0.15) is 0 Å². The molecular weight excluding hydrogens is 299 g/mol. The fourth-order valence-corrected chi connectivity index (χ4v) is 2.57. The second kappa shape index (κ2) is 5.62. The summed E-state index contributed by atoms with van der Waals surface area (Å²) in [4.78, 5) is 25.0. The van der Waals surface area contributed by atoms with Crippen LogP contribution in [0.4, 0.5) is 13.2 Å². The molecule has 120 valence electrons. The van der Waals surface area contributed by atoms with Crippen molar-refractivity contribution in [1.29, 1.82) is 0 Å². The Hall–Kier alpha value is -2.05. The van der Waals surface area contributed by atoms with Crippen molar-refractivity contribution >= 4 is 11.9 Å². The fourth-order valence-electron chi connectivity index (χ4n) is 2.57. The van der Waals surface area contributed by atoms with Crippen molar-refractivity contribution in [2.24, 2.45) is 5.41 Å². The molecule has 1 aliphatic heterocycles. The normalized spacial score (nSPS) is 22.5. The minimum atomic E-state index is -4.45. The number of benzene rings is 1. The van der Waals surface area contributed by atoms with Gasteiger partial charge < -0.3 is 10.0 Å². The molecule has 0 aromatic heterocycles. The van der Waals surface area contributed by atoms with Crippen molar-refractivity contribution in [3.05, 3.63) is 35.4 Å². The van der Waals surface area contributed by atoms with Gasteiger partial charge in [-0.1, -0.05) is 0 Å². The van der Waals surface area contributed by atoms with Crippen LogP contribution in [0.25, 0.3) is 0 Å². The topological polar surface area (TPSA) is 57.6 Å². The Bertz CT molecular complexity index is 583. The van der Waals surface area contributed by atoms with Gasteiger partial charge in [-0.05, 0) is 44.0 Å². The molecule has 1 amide bonds. The zero-order valence-corrected chi connectivity index (χ0v) is 12.0. The van der Waals surface area contributed by atoms with E-state index in [1.54, 1.807) is 6.92 Å². The van der Waals surface area contributed by atoms with E-state index in [0.29, 0.717) is 19.4 Å². The van der Waals surface area contributed by atoms with E-state index in [-0.39, 0.29) is 12.1 Å². The molecule has 2 rings (SSSR count). The van der Waals surface area contributed by atoms with Gasteiger partial charge >= 0.3 is 12.1 Å². The minimum Gasteiger partial charge on any atom is -0.481 e. The van der Waals surface area contributed by atoms with E-state index in [1.165, 1.54) is 4.90 Å². The highest BCUT2D eigenvalue weighted by Crippen LogP contribution is 2.32. The number of halogens is 3. The predicted octanol–water partition coefficient (Wildman–Crippen LogP) is 3.03. The number of carbonyl (C=O) groups is 2. The van der Waals surface area contributed by atoms with E-state index in [1.807, 2.05) is 0 Å². The molecule has 1 unspecified atom stereocenters. The summed E-state index contributed by atoms with van der Waals surface area (Å²) < 4.78 is 37.5. The van der Waals surface area contributed by atoms with Crippen LogP contribution in [-0.2, 0) is 11.0 Å². The third-order valence-electron chi connectivity index (χ3n) is 3.96. The van der Waals surface area contributed by atoms with Gasteiger partial charge in [0.25, 0.3) is 5.91 Å². The molecule has 0 radical (unpaired) electrons. The van der Waals surface area contributed by atoms with Crippen molar-refractivity contribution in [2.45, 2.75) is 25.9 Å². The lowest BCUT2D eigenvalue weighted by Crippen LogP contribution is -2.48. The summed E-state index contributed by atoms with van der Waals surface area (Å²) >= 11 is 0. The van der Waals surface area contributed by atoms with Crippen molar-refractivity contribution in [1.82, 2.24) is 4.90 Å². The molecular formula is C15H16F3NO3. The monoisotopic (exact) mass is 315 g/mol. The Balaban J connectivity index is 2.16. The van der Waals surface area contributed by atoms with Gasteiger partial charge in [0, 0.05) is 18.7 Å². The van der Waals surface area contributed by atoms with Gasteiger partial charge in [-0.2, -0.15) is 13.2 Å². The first-order chi connectivity index (χ1) is 10.1. The van der Waals surface area contributed by atoms with Crippen molar-refractivity contribution in [3.63, 3.8) is 0 Å². The van der Waals surface area contributed by atoms with Crippen LogP contribution < -0.4 is 0 Å². The smallest absolute Gasteiger partial charge is 0.416 e. The Labute approximate surface area is 125 Å². The summed E-state index contributed by atoms with van der Waals surface area (Å²) in [6.45, 7) is 2.03. The van der Waals surface area contributed by atoms with Gasteiger partial charge in [0.15, 0.2) is 0 Å². The van der Waals surface area contributed by atoms with Crippen LogP contribution in [-0.4, -0.2) is 35.0 Å². The van der Waals surface area contributed by atoms with Gasteiger partial charge in [-0.15, -0.1) is 0 Å². The number of rotatable bonds is 2. The number of carboxylic acids is 1. The van der Waals surface area contributed by atoms with Crippen LogP contribution in [0, 0.1) is 5.41 Å². The maximum atomic E-state index is 12.5. The maximum absolute atomic E-state index is 12.5. The Morgan fingerprint density at radius 3 is 2.32 bits per heavy atom. The van der Waals surface area contributed by atoms with E-state index in [9.17, 15) is 27.9 Å². The number of likely N-dealkylation sites (tertiary alicyclic amines) is 1. The molecule has 1 N–H and O–H groups in total. The summed E-state index contributed by atoms with van der Waals surface area (Å²) in [5.74, 6) is -1.42. The van der Waals surface area contributed by atoms with E-state index >= 15 is 0 Å². The summed E-state index contributed by atoms with van der Waals surface area (Å²) in [7, 11) is 0.